The summed E-state index contributed by atoms with van der Waals surface area (Å²) in [6.45, 7) is 0.433. The Kier molecular flexibility index (Phi) is 5.79. The van der Waals surface area contributed by atoms with Gasteiger partial charge in [-0.05, 0) is 34.3 Å². The van der Waals surface area contributed by atoms with Crippen LogP contribution in [0.4, 0.5) is 5.69 Å². The Labute approximate surface area is 125 Å². The molecule has 0 fully saturated rings. The lowest BCUT2D eigenvalue weighted by molar-refractivity contribution is 0.488. The number of nitrogens with zero attached hydrogens (tertiary/aromatic N) is 1. The topological polar surface area (TPSA) is 63.4 Å². The van der Waals surface area contributed by atoms with E-state index in [0.29, 0.717) is 21.7 Å². The lowest BCUT2D eigenvalue weighted by Gasteiger charge is -2.18. The second kappa shape index (κ2) is 6.47. The summed E-state index contributed by atoms with van der Waals surface area (Å²) in [5.41, 5.74) is 6.00. The van der Waals surface area contributed by atoms with Crippen molar-refractivity contribution in [2.45, 2.75) is 4.90 Å². The molecule has 0 saturated carbocycles. The molecule has 18 heavy (non-hydrogen) atoms. The second-order valence-electron chi connectivity index (χ2n) is 3.63. The minimum Gasteiger partial charge on any atom is -0.398 e. The zero-order valence-corrected chi connectivity index (χ0v) is 14.0. The highest BCUT2D eigenvalue weighted by Gasteiger charge is 2.24. The molecule has 0 amide bonds. The van der Waals surface area contributed by atoms with Gasteiger partial charge >= 0.3 is 0 Å². The summed E-state index contributed by atoms with van der Waals surface area (Å²) in [6, 6.07) is 2.90. The van der Waals surface area contributed by atoms with Gasteiger partial charge in [0.1, 0.15) is 0 Å². The summed E-state index contributed by atoms with van der Waals surface area (Å²) in [7, 11) is -2.04. The van der Waals surface area contributed by atoms with Gasteiger partial charge in [-0.1, -0.05) is 11.6 Å². The van der Waals surface area contributed by atoms with Crippen molar-refractivity contribution in [1.82, 2.24) is 4.31 Å². The first-order chi connectivity index (χ1) is 8.30. The number of halogens is 2. The highest BCUT2D eigenvalue weighted by Crippen LogP contribution is 2.32. The van der Waals surface area contributed by atoms with Gasteiger partial charge in [0.25, 0.3) is 0 Å². The van der Waals surface area contributed by atoms with Crippen molar-refractivity contribution in [3.8, 4) is 0 Å². The van der Waals surface area contributed by atoms with Crippen molar-refractivity contribution in [2.75, 3.05) is 31.3 Å². The Bertz CT molecular complexity index is 537. The Balaban J connectivity index is 3.20. The predicted molar refractivity (Wildman–Crippen MR) is 81.8 cm³/mol. The van der Waals surface area contributed by atoms with Crippen molar-refractivity contribution < 1.29 is 8.42 Å². The molecule has 0 aromatic heterocycles. The third-order valence-electron chi connectivity index (χ3n) is 2.33. The maximum absolute atomic E-state index is 12.3. The van der Waals surface area contributed by atoms with Crippen molar-refractivity contribution in [1.29, 1.82) is 0 Å². The number of anilines is 1. The summed E-state index contributed by atoms with van der Waals surface area (Å²) in [6.07, 6.45) is 1.92. The minimum absolute atomic E-state index is 0.0936. The van der Waals surface area contributed by atoms with Gasteiger partial charge in [-0.25, -0.2) is 12.7 Å². The van der Waals surface area contributed by atoms with E-state index < -0.39 is 10.0 Å². The van der Waals surface area contributed by atoms with Crippen molar-refractivity contribution in [2.24, 2.45) is 0 Å². The van der Waals surface area contributed by atoms with Gasteiger partial charge in [0, 0.05) is 30.1 Å². The zero-order valence-electron chi connectivity index (χ0n) is 9.98. The molecule has 0 spiro atoms. The normalized spacial score (nSPS) is 12.1. The van der Waals surface area contributed by atoms with Crippen LogP contribution in [-0.4, -0.2) is 38.3 Å². The molecule has 1 aromatic carbocycles. The molecular formula is C10H14BrClN2O2S2. The quantitative estimate of drug-likeness (QED) is 0.806. The van der Waals surface area contributed by atoms with Gasteiger partial charge in [0.15, 0.2) is 0 Å². The predicted octanol–water partition coefficient (Wildman–Crippen LogP) is 2.67. The average molecular weight is 374 g/mol. The first kappa shape index (κ1) is 16.1. The van der Waals surface area contributed by atoms with E-state index in [1.165, 1.54) is 23.5 Å². The summed E-state index contributed by atoms with van der Waals surface area (Å²) >= 11 is 10.6. The van der Waals surface area contributed by atoms with Gasteiger partial charge in [-0.15, -0.1) is 0 Å². The molecule has 0 aliphatic rings. The highest BCUT2D eigenvalue weighted by atomic mass is 79.9. The molecule has 0 unspecified atom stereocenters. The molecule has 102 valence electrons. The van der Waals surface area contributed by atoms with E-state index in [1.54, 1.807) is 11.8 Å². The van der Waals surface area contributed by atoms with Crippen LogP contribution >= 0.6 is 39.3 Å². The van der Waals surface area contributed by atoms with Gasteiger partial charge in [-0.3, -0.25) is 0 Å². The maximum atomic E-state index is 12.3. The Morgan fingerprint density at radius 3 is 2.67 bits per heavy atom. The fourth-order valence-electron chi connectivity index (χ4n) is 1.28. The van der Waals surface area contributed by atoms with E-state index in [9.17, 15) is 8.42 Å². The molecule has 2 N–H and O–H groups in total. The van der Waals surface area contributed by atoms with E-state index in [-0.39, 0.29) is 4.90 Å². The summed E-state index contributed by atoms with van der Waals surface area (Å²) < 4.78 is 26.3. The van der Waals surface area contributed by atoms with E-state index in [4.69, 9.17) is 17.3 Å². The molecule has 0 bridgehead atoms. The number of nitrogens with two attached hydrogens (primary N) is 1. The summed E-state index contributed by atoms with van der Waals surface area (Å²) in [4.78, 5) is 0.0936. The molecule has 8 heteroatoms. The Morgan fingerprint density at radius 2 is 2.11 bits per heavy atom. The Morgan fingerprint density at radius 1 is 1.50 bits per heavy atom. The fourth-order valence-corrected chi connectivity index (χ4v) is 4.27. The Hall–Kier alpha value is 0.0500. The number of hydrogen-bond donors (Lipinski definition) is 1. The molecule has 0 saturated heterocycles. The van der Waals surface area contributed by atoms with Crippen LogP contribution < -0.4 is 5.73 Å². The fraction of sp³-hybridized carbons (Fsp3) is 0.400. The number of sulfonamides is 1. The van der Waals surface area contributed by atoms with Crippen LogP contribution in [0.3, 0.4) is 0 Å². The number of rotatable bonds is 5. The molecular weight excluding hydrogens is 360 g/mol. The van der Waals surface area contributed by atoms with Crippen LogP contribution in [0, 0.1) is 0 Å². The molecule has 0 aliphatic carbocycles. The molecule has 0 heterocycles. The number of nitrogen functional groups attached to an aromatic ring is 1. The molecule has 1 aromatic rings. The van der Waals surface area contributed by atoms with Crippen LogP contribution in [0.15, 0.2) is 21.5 Å². The molecule has 1 rings (SSSR count). The molecule has 4 nitrogen and oxygen atoms in total. The maximum Gasteiger partial charge on any atom is 0.244 e. The van der Waals surface area contributed by atoms with Crippen LogP contribution in [-0.2, 0) is 10.0 Å². The lowest BCUT2D eigenvalue weighted by Crippen LogP contribution is -2.29. The summed E-state index contributed by atoms with van der Waals surface area (Å²) in [5.74, 6) is 0.726. The van der Waals surface area contributed by atoms with E-state index >= 15 is 0 Å². The summed E-state index contributed by atoms with van der Waals surface area (Å²) in [5, 5.41) is 0.299. The standard InChI is InChI=1S/C10H14BrClN2O2S2/c1-14(3-4-17-2)18(15,16)9-6-7(12)5-8(13)10(9)11/h5-6H,3-4,13H2,1-2H3. The molecule has 0 aliphatic heterocycles. The van der Waals surface area contributed by atoms with E-state index in [1.807, 2.05) is 6.26 Å². The van der Waals surface area contributed by atoms with Crippen molar-refractivity contribution in [3.63, 3.8) is 0 Å². The largest absolute Gasteiger partial charge is 0.398 e. The van der Waals surface area contributed by atoms with E-state index in [0.717, 1.165) is 5.75 Å². The van der Waals surface area contributed by atoms with E-state index in [2.05, 4.69) is 15.9 Å². The van der Waals surface area contributed by atoms with Crippen LogP contribution in [0.2, 0.25) is 5.02 Å². The number of benzene rings is 1. The SMILES string of the molecule is CSCCN(C)S(=O)(=O)c1cc(Cl)cc(N)c1Br. The second-order valence-corrected chi connectivity index (χ2v) is 7.85. The van der Waals surface area contributed by atoms with Gasteiger partial charge < -0.3 is 5.73 Å². The van der Waals surface area contributed by atoms with Gasteiger partial charge in [-0.2, -0.15) is 11.8 Å². The highest BCUT2D eigenvalue weighted by molar-refractivity contribution is 9.10. The van der Waals surface area contributed by atoms with Crippen LogP contribution in [0.5, 0.6) is 0 Å². The number of hydrogen-bond acceptors (Lipinski definition) is 4. The van der Waals surface area contributed by atoms with Crippen LogP contribution in [0.25, 0.3) is 0 Å². The molecule has 0 atom stereocenters. The van der Waals surface area contributed by atoms with Gasteiger partial charge in [0.05, 0.1) is 9.37 Å². The number of thioether (sulfide) groups is 1. The van der Waals surface area contributed by atoms with Gasteiger partial charge in [0.2, 0.25) is 10.0 Å². The minimum atomic E-state index is -3.58. The lowest BCUT2D eigenvalue weighted by atomic mass is 10.3. The smallest absolute Gasteiger partial charge is 0.244 e. The van der Waals surface area contributed by atoms with Crippen molar-refractivity contribution in [3.05, 3.63) is 21.6 Å². The average Bonchev–Trinajstić information content (AvgIpc) is 2.30. The first-order valence-electron chi connectivity index (χ1n) is 5.00. The third kappa shape index (κ3) is 3.54. The zero-order chi connectivity index (χ0) is 13.9. The van der Waals surface area contributed by atoms with Crippen LogP contribution in [0.1, 0.15) is 0 Å². The first-order valence-corrected chi connectivity index (χ1v) is 9.01. The third-order valence-corrected chi connectivity index (χ3v) is 6.17. The molecule has 0 radical (unpaired) electrons. The van der Waals surface area contributed by atoms with Crippen molar-refractivity contribution >= 4 is 55.0 Å². The monoisotopic (exact) mass is 372 g/mol.